The quantitative estimate of drug-likeness (QED) is 0.811. The van der Waals surface area contributed by atoms with Crippen molar-refractivity contribution in [2.45, 2.75) is 69.9 Å². The van der Waals surface area contributed by atoms with Gasteiger partial charge < -0.3 is 9.47 Å². The molecule has 2 bridgehead atoms. The van der Waals surface area contributed by atoms with Crippen LogP contribution in [-0.2, 0) is 14.8 Å². The van der Waals surface area contributed by atoms with Gasteiger partial charge in [-0.1, -0.05) is 18.6 Å². The third kappa shape index (κ3) is 4.71. The summed E-state index contributed by atoms with van der Waals surface area (Å²) in [7, 11) is -3.24. The topological polar surface area (TPSA) is 64.6 Å². The zero-order valence-corrected chi connectivity index (χ0v) is 17.8. The van der Waals surface area contributed by atoms with Crippen LogP contribution in [-0.4, -0.2) is 40.0 Å². The molecule has 2 aliphatic carbocycles. The predicted octanol–water partition coefficient (Wildman–Crippen LogP) is 3.76. The van der Waals surface area contributed by atoms with Gasteiger partial charge in [-0.15, -0.1) is 0 Å². The van der Waals surface area contributed by atoms with Gasteiger partial charge >= 0.3 is 0 Å². The molecule has 0 amide bonds. The van der Waals surface area contributed by atoms with Crippen LogP contribution in [0.4, 0.5) is 0 Å². The van der Waals surface area contributed by atoms with E-state index in [1.54, 1.807) is 0 Å². The van der Waals surface area contributed by atoms with Crippen LogP contribution in [0.1, 0.15) is 62.0 Å². The number of ether oxygens (including phenoxy) is 2. The smallest absolute Gasteiger partial charge is 0.208 e. The first kappa shape index (κ1) is 20.2. The summed E-state index contributed by atoms with van der Waals surface area (Å²) in [5.41, 5.74) is 2.56. The molecule has 2 heterocycles. The second kappa shape index (κ2) is 8.33. The zero-order valence-electron chi connectivity index (χ0n) is 17.0. The van der Waals surface area contributed by atoms with Gasteiger partial charge in [-0.05, 0) is 74.5 Å². The highest BCUT2D eigenvalue weighted by atomic mass is 32.2. The van der Waals surface area contributed by atoms with Gasteiger partial charge in [-0.25, -0.2) is 13.1 Å². The number of rotatable bonds is 2. The van der Waals surface area contributed by atoms with Crippen molar-refractivity contribution < 1.29 is 17.9 Å². The first-order valence-corrected chi connectivity index (χ1v) is 12.6. The molecule has 156 valence electrons. The highest BCUT2D eigenvalue weighted by molar-refractivity contribution is 7.88. The Hall–Kier alpha value is -1.11. The molecular formula is C22H33NO4S. The summed E-state index contributed by atoms with van der Waals surface area (Å²) >= 11 is 0. The van der Waals surface area contributed by atoms with E-state index in [1.165, 1.54) is 17.4 Å². The van der Waals surface area contributed by atoms with Crippen LogP contribution in [0.15, 0.2) is 18.2 Å². The van der Waals surface area contributed by atoms with Gasteiger partial charge in [0, 0.05) is 12.0 Å². The number of nitrogens with one attached hydrogen (secondary N) is 1. The molecule has 1 aromatic rings. The summed E-state index contributed by atoms with van der Waals surface area (Å²) in [6.07, 6.45) is 8.90. The molecule has 1 N–H and O–H groups in total. The fourth-order valence-electron chi connectivity index (χ4n) is 5.33. The molecule has 2 aliphatic heterocycles. The van der Waals surface area contributed by atoms with Crippen LogP contribution in [0, 0.1) is 18.8 Å². The van der Waals surface area contributed by atoms with E-state index in [9.17, 15) is 8.42 Å². The maximum Gasteiger partial charge on any atom is 0.208 e. The van der Waals surface area contributed by atoms with E-state index in [-0.39, 0.29) is 12.0 Å². The largest absolute Gasteiger partial charge is 0.493 e. The van der Waals surface area contributed by atoms with E-state index in [0.717, 1.165) is 50.7 Å². The van der Waals surface area contributed by atoms with Crippen LogP contribution in [0.25, 0.3) is 0 Å². The Morgan fingerprint density at radius 3 is 2.57 bits per heavy atom. The van der Waals surface area contributed by atoms with Gasteiger partial charge in [0.15, 0.2) is 0 Å². The second-order valence-corrected chi connectivity index (χ2v) is 10.8. The third-order valence-electron chi connectivity index (χ3n) is 6.84. The van der Waals surface area contributed by atoms with Crippen molar-refractivity contribution in [2.75, 3.05) is 19.5 Å². The molecule has 0 spiro atoms. The molecule has 0 saturated heterocycles. The summed E-state index contributed by atoms with van der Waals surface area (Å²) in [6.45, 7) is 3.36. The molecule has 1 aromatic carbocycles. The Labute approximate surface area is 169 Å². The Morgan fingerprint density at radius 1 is 1.04 bits per heavy atom. The molecule has 6 heteroatoms. The van der Waals surface area contributed by atoms with Crippen LogP contribution in [0.2, 0.25) is 0 Å². The van der Waals surface area contributed by atoms with E-state index in [4.69, 9.17) is 9.47 Å². The Morgan fingerprint density at radius 2 is 1.82 bits per heavy atom. The van der Waals surface area contributed by atoms with Gasteiger partial charge in [0.25, 0.3) is 0 Å². The number of hydrogen-bond acceptors (Lipinski definition) is 4. The maximum absolute atomic E-state index is 11.9. The molecule has 3 atom stereocenters. The summed E-state index contributed by atoms with van der Waals surface area (Å²) in [5.74, 6) is 2.05. The molecule has 0 radical (unpaired) electrons. The molecule has 4 aliphatic rings. The molecule has 28 heavy (non-hydrogen) atoms. The van der Waals surface area contributed by atoms with Gasteiger partial charge in [-0.2, -0.15) is 0 Å². The highest BCUT2D eigenvalue weighted by Gasteiger charge is 2.37. The van der Waals surface area contributed by atoms with E-state index in [1.807, 2.05) is 0 Å². The summed E-state index contributed by atoms with van der Waals surface area (Å²) in [4.78, 5) is 0. The van der Waals surface area contributed by atoms with Crippen molar-refractivity contribution in [2.24, 2.45) is 11.8 Å². The number of sulfonamides is 1. The second-order valence-electron chi connectivity index (χ2n) is 9.01. The van der Waals surface area contributed by atoms with Crippen LogP contribution in [0.5, 0.6) is 5.75 Å². The number of hydrogen-bond donors (Lipinski definition) is 1. The van der Waals surface area contributed by atoms with E-state index in [2.05, 4.69) is 29.8 Å². The lowest BCUT2D eigenvalue weighted by Gasteiger charge is -2.40. The van der Waals surface area contributed by atoms with Gasteiger partial charge in [0.1, 0.15) is 5.75 Å². The van der Waals surface area contributed by atoms with Crippen molar-refractivity contribution >= 4 is 10.0 Å². The number of benzene rings is 1. The zero-order chi connectivity index (χ0) is 19.7. The minimum Gasteiger partial charge on any atom is -0.493 e. The number of fused-ring (bicyclic) bond motifs is 4. The van der Waals surface area contributed by atoms with E-state index >= 15 is 0 Å². The lowest BCUT2D eigenvalue weighted by atomic mass is 9.76. The minimum atomic E-state index is -3.24. The van der Waals surface area contributed by atoms with Gasteiger partial charge in [0.2, 0.25) is 10.0 Å². The van der Waals surface area contributed by atoms with Crippen LogP contribution < -0.4 is 9.46 Å². The predicted molar refractivity (Wildman–Crippen MR) is 110 cm³/mol. The first-order valence-electron chi connectivity index (χ1n) is 10.7. The standard InChI is InChI=1S/C22H33NO4S/c1-15-6-11-19-16-7-9-18(10-8-16)26-14-20-17(13-27-22(19)12-15)4-3-5-21(20)23-28(2,24)25/h6,11-12,16-18,20-21,23H,3-5,7-10,13-14H2,1-2H3/t16?,17?,18?,20-,21+/m1/s1. The van der Waals surface area contributed by atoms with Crippen molar-refractivity contribution in [3.05, 3.63) is 29.3 Å². The molecule has 5 rings (SSSR count). The normalized spacial score (nSPS) is 33.7. The lowest BCUT2D eigenvalue weighted by Crippen LogP contribution is -2.48. The van der Waals surface area contributed by atoms with Crippen LogP contribution in [0.3, 0.4) is 0 Å². The fraction of sp³-hybridized carbons (Fsp3) is 0.727. The van der Waals surface area contributed by atoms with Gasteiger partial charge in [-0.3, -0.25) is 0 Å². The van der Waals surface area contributed by atoms with Crippen LogP contribution >= 0.6 is 0 Å². The molecule has 1 unspecified atom stereocenters. The van der Waals surface area contributed by atoms with Crippen molar-refractivity contribution in [3.63, 3.8) is 0 Å². The Bertz CT molecular complexity index is 786. The fourth-order valence-corrected chi connectivity index (χ4v) is 6.17. The summed E-state index contributed by atoms with van der Waals surface area (Å²) in [6, 6.07) is 6.54. The van der Waals surface area contributed by atoms with E-state index < -0.39 is 10.0 Å². The summed E-state index contributed by atoms with van der Waals surface area (Å²) < 4.78 is 39.4. The maximum atomic E-state index is 11.9. The average Bonchev–Trinajstić information content (AvgIpc) is 2.64. The molecule has 2 fully saturated rings. The molecule has 5 nitrogen and oxygen atoms in total. The lowest BCUT2D eigenvalue weighted by molar-refractivity contribution is -0.0298. The molecular weight excluding hydrogens is 374 g/mol. The van der Waals surface area contributed by atoms with Crippen molar-refractivity contribution in [1.82, 2.24) is 4.72 Å². The molecule has 2 saturated carbocycles. The first-order chi connectivity index (χ1) is 13.4. The molecule has 0 aromatic heterocycles. The average molecular weight is 408 g/mol. The Kier molecular flexibility index (Phi) is 6.00. The highest BCUT2D eigenvalue weighted by Crippen LogP contribution is 2.41. The van der Waals surface area contributed by atoms with Crippen molar-refractivity contribution in [1.29, 1.82) is 0 Å². The number of aryl methyl sites for hydroxylation is 1. The monoisotopic (exact) mass is 407 g/mol. The SMILES string of the molecule is Cc1ccc2c(c1)OCC1CCC[C@H](NS(C)(=O)=O)[C@@H]1COC1CCC2CC1. The third-order valence-corrected chi connectivity index (χ3v) is 7.57. The van der Waals surface area contributed by atoms with Gasteiger partial charge in [0.05, 0.1) is 25.6 Å². The minimum absolute atomic E-state index is 0.0615. The summed E-state index contributed by atoms with van der Waals surface area (Å²) in [5, 5.41) is 0. The van der Waals surface area contributed by atoms with E-state index in [0.29, 0.717) is 31.2 Å². The Balaban J connectivity index is 1.62. The van der Waals surface area contributed by atoms with Crippen molar-refractivity contribution in [3.8, 4) is 5.75 Å².